The Morgan fingerprint density at radius 1 is 1.25 bits per heavy atom. The van der Waals surface area contributed by atoms with Gasteiger partial charge in [-0.05, 0) is 18.2 Å². The summed E-state index contributed by atoms with van der Waals surface area (Å²) >= 11 is 6.20. The van der Waals surface area contributed by atoms with Crippen LogP contribution in [-0.4, -0.2) is 25.4 Å². The van der Waals surface area contributed by atoms with Crippen molar-refractivity contribution in [2.75, 3.05) is 0 Å². The van der Waals surface area contributed by atoms with Gasteiger partial charge in [0.25, 0.3) is 0 Å². The van der Waals surface area contributed by atoms with Crippen molar-refractivity contribution in [3.63, 3.8) is 0 Å². The maximum absolute atomic E-state index is 11.0. The topological polar surface area (TPSA) is 60.1 Å². The molecule has 3 aromatic rings. The molecule has 0 aliphatic heterocycles. The zero-order chi connectivity index (χ0) is 14.4. The predicted octanol–water partition coefficient (Wildman–Crippen LogP) is 2.93. The van der Waals surface area contributed by atoms with Crippen LogP contribution in [0.25, 0.3) is 22.3 Å². The summed E-state index contributed by atoms with van der Waals surface area (Å²) in [5.41, 5.74) is 2.62. The Kier molecular flexibility index (Phi) is 2.79. The number of carboxylic acids is 1. The monoisotopic (exact) mass is 289 g/mol. The number of rotatable bonds is 2. The normalized spacial score (nSPS) is 11.2. The molecule has 6 heteroatoms. The maximum Gasteiger partial charge on any atom is 0.356 e. The number of benzene rings is 1. The Morgan fingerprint density at radius 3 is 2.60 bits per heavy atom. The summed E-state index contributed by atoms with van der Waals surface area (Å²) in [5.74, 6) is -1.04. The second-order valence-corrected chi connectivity index (χ2v) is 5.01. The number of hydrogen-bond donors (Lipinski definition) is 1. The summed E-state index contributed by atoms with van der Waals surface area (Å²) in [5, 5.41) is 14.6. The van der Waals surface area contributed by atoms with Crippen LogP contribution in [0.15, 0.2) is 30.3 Å². The number of halogens is 1. The highest BCUT2D eigenvalue weighted by Crippen LogP contribution is 2.31. The van der Waals surface area contributed by atoms with Crippen LogP contribution in [0.4, 0.5) is 0 Å². The van der Waals surface area contributed by atoms with Gasteiger partial charge in [0.05, 0.1) is 11.4 Å². The first-order valence-corrected chi connectivity index (χ1v) is 6.38. The largest absolute Gasteiger partial charge is 0.476 e. The van der Waals surface area contributed by atoms with Crippen molar-refractivity contribution >= 4 is 28.5 Å². The molecule has 0 aliphatic rings. The molecule has 0 fully saturated rings. The minimum atomic E-state index is -1.04. The van der Waals surface area contributed by atoms with Gasteiger partial charge < -0.3 is 9.67 Å². The molecule has 1 N–H and O–H groups in total. The van der Waals surface area contributed by atoms with E-state index in [2.05, 4.69) is 5.10 Å². The lowest BCUT2D eigenvalue weighted by Crippen LogP contribution is -2.00. The average molecular weight is 290 g/mol. The van der Waals surface area contributed by atoms with Gasteiger partial charge in [-0.2, -0.15) is 5.10 Å². The van der Waals surface area contributed by atoms with Gasteiger partial charge in [0.1, 0.15) is 0 Å². The van der Waals surface area contributed by atoms with Crippen molar-refractivity contribution in [2.24, 2.45) is 14.1 Å². The third-order valence-corrected chi connectivity index (χ3v) is 3.72. The molecule has 0 saturated heterocycles. The summed E-state index contributed by atoms with van der Waals surface area (Å²) in [6, 6.07) is 9.20. The van der Waals surface area contributed by atoms with Gasteiger partial charge in [-0.1, -0.05) is 17.7 Å². The Labute approximate surface area is 120 Å². The molecule has 0 unspecified atom stereocenters. The highest BCUT2D eigenvalue weighted by atomic mass is 35.5. The third-order valence-electron chi connectivity index (χ3n) is 3.40. The van der Waals surface area contributed by atoms with E-state index in [0.717, 1.165) is 22.3 Å². The first-order valence-electron chi connectivity index (χ1n) is 6.00. The fraction of sp³-hybridized carbons (Fsp3) is 0.143. The highest BCUT2D eigenvalue weighted by molar-refractivity contribution is 6.35. The summed E-state index contributed by atoms with van der Waals surface area (Å²) in [6.07, 6.45) is 0. The van der Waals surface area contributed by atoms with Crippen LogP contribution in [0.1, 0.15) is 10.5 Å². The third kappa shape index (κ3) is 1.78. The van der Waals surface area contributed by atoms with Crippen molar-refractivity contribution in [1.29, 1.82) is 0 Å². The van der Waals surface area contributed by atoms with E-state index >= 15 is 0 Å². The van der Waals surface area contributed by atoms with Gasteiger partial charge in [0, 0.05) is 36.1 Å². The molecule has 1 aromatic carbocycles. The fourth-order valence-electron chi connectivity index (χ4n) is 2.38. The molecule has 0 bridgehead atoms. The van der Waals surface area contributed by atoms with E-state index in [1.165, 1.54) is 0 Å². The molecule has 0 spiro atoms. The van der Waals surface area contributed by atoms with Crippen LogP contribution in [-0.2, 0) is 14.1 Å². The zero-order valence-corrected chi connectivity index (χ0v) is 11.7. The Hall–Kier alpha value is -2.27. The predicted molar refractivity (Wildman–Crippen MR) is 77.1 cm³/mol. The smallest absolute Gasteiger partial charge is 0.356 e. The molecule has 3 rings (SSSR count). The molecule has 0 radical (unpaired) electrons. The van der Waals surface area contributed by atoms with Gasteiger partial charge in [-0.25, -0.2) is 4.79 Å². The number of carboxylic acid groups (broad SMARTS) is 1. The van der Waals surface area contributed by atoms with Crippen LogP contribution < -0.4 is 0 Å². The number of aromatic carboxylic acids is 1. The number of fused-ring (bicyclic) bond motifs is 1. The molecule has 5 nitrogen and oxygen atoms in total. The second-order valence-electron chi connectivity index (χ2n) is 4.60. The number of hydrogen-bond acceptors (Lipinski definition) is 2. The molecule has 0 aliphatic carbocycles. The van der Waals surface area contributed by atoms with Gasteiger partial charge in [0.2, 0.25) is 0 Å². The molecular weight excluding hydrogens is 278 g/mol. The van der Waals surface area contributed by atoms with Gasteiger partial charge in [-0.15, -0.1) is 0 Å². The molecule has 20 heavy (non-hydrogen) atoms. The second kappa shape index (κ2) is 4.38. The minimum absolute atomic E-state index is 0.0267. The van der Waals surface area contributed by atoms with Crippen LogP contribution >= 0.6 is 11.6 Å². The quantitative estimate of drug-likeness (QED) is 0.789. The lowest BCUT2D eigenvalue weighted by atomic mass is 10.2. The maximum atomic E-state index is 11.0. The van der Waals surface area contributed by atoms with Crippen LogP contribution in [0.3, 0.4) is 0 Å². The number of aromatic nitrogens is 3. The van der Waals surface area contributed by atoms with Crippen molar-refractivity contribution in [1.82, 2.24) is 14.3 Å². The Bertz CT molecular complexity index is 832. The number of aryl methyl sites for hydroxylation is 2. The molecular formula is C14H12ClN3O2. The number of nitrogens with zero attached hydrogens (tertiary/aromatic N) is 3. The molecule has 0 amide bonds. The van der Waals surface area contributed by atoms with E-state index in [4.69, 9.17) is 16.7 Å². The van der Waals surface area contributed by atoms with Crippen LogP contribution in [0.2, 0.25) is 5.02 Å². The van der Waals surface area contributed by atoms with Crippen molar-refractivity contribution in [3.05, 3.63) is 41.0 Å². The lowest BCUT2D eigenvalue weighted by molar-refractivity contribution is 0.0689. The van der Waals surface area contributed by atoms with Crippen molar-refractivity contribution in [3.8, 4) is 11.4 Å². The van der Waals surface area contributed by atoms with Gasteiger partial charge in [-0.3, -0.25) is 4.68 Å². The van der Waals surface area contributed by atoms with Gasteiger partial charge >= 0.3 is 5.97 Å². The molecule has 0 saturated carbocycles. The fourth-order valence-corrected chi connectivity index (χ4v) is 2.61. The van der Waals surface area contributed by atoms with E-state index in [-0.39, 0.29) is 5.69 Å². The van der Waals surface area contributed by atoms with E-state index in [9.17, 15) is 4.79 Å². The summed E-state index contributed by atoms with van der Waals surface area (Å²) < 4.78 is 3.54. The highest BCUT2D eigenvalue weighted by Gasteiger charge is 2.16. The molecule has 0 atom stereocenters. The van der Waals surface area contributed by atoms with E-state index in [1.807, 2.05) is 35.9 Å². The Morgan fingerprint density at radius 2 is 2.00 bits per heavy atom. The average Bonchev–Trinajstić information content (AvgIpc) is 2.93. The van der Waals surface area contributed by atoms with E-state index < -0.39 is 5.97 Å². The molecule has 2 heterocycles. The van der Waals surface area contributed by atoms with Crippen LogP contribution in [0, 0.1) is 0 Å². The van der Waals surface area contributed by atoms with Crippen molar-refractivity contribution in [2.45, 2.75) is 0 Å². The van der Waals surface area contributed by atoms with E-state index in [1.54, 1.807) is 17.8 Å². The first kappa shape index (κ1) is 12.7. The first-order chi connectivity index (χ1) is 9.49. The summed E-state index contributed by atoms with van der Waals surface area (Å²) in [4.78, 5) is 11.0. The van der Waals surface area contributed by atoms with Gasteiger partial charge in [0.15, 0.2) is 5.69 Å². The zero-order valence-electron chi connectivity index (χ0n) is 11.0. The summed E-state index contributed by atoms with van der Waals surface area (Å²) in [6.45, 7) is 0. The van der Waals surface area contributed by atoms with E-state index in [0.29, 0.717) is 5.02 Å². The SMILES string of the molecule is Cn1nc(C(=O)O)cc1-c1cc2c(Cl)cccc2n1C. The lowest BCUT2D eigenvalue weighted by Gasteiger charge is -2.04. The minimum Gasteiger partial charge on any atom is -0.476 e. The standard InChI is InChI=1S/C14H12ClN3O2/c1-17-11-5-3-4-9(15)8(11)6-12(17)13-7-10(14(19)20)16-18(13)2/h3-7H,1-2H3,(H,19,20). The number of carbonyl (C=O) groups is 1. The molecule has 2 aromatic heterocycles. The van der Waals surface area contributed by atoms with Crippen LogP contribution in [0.5, 0.6) is 0 Å². The van der Waals surface area contributed by atoms with Crippen molar-refractivity contribution < 1.29 is 9.90 Å². The molecule has 102 valence electrons. The summed E-state index contributed by atoms with van der Waals surface area (Å²) in [7, 11) is 3.64. The Balaban J connectivity index is 2.27.